The number of rotatable bonds is 5. The second-order valence-electron chi connectivity index (χ2n) is 5.03. The summed E-state index contributed by atoms with van der Waals surface area (Å²) in [4.78, 5) is 23.3. The molecule has 0 aliphatic carbocycles. The van der Waals surface area contributed by atoms with E-state index in [1.165, 1.54) is 0 Å². The number of carbonyl (C=O) groups excluding carboxylic acids is 2. The monoisotopic (exact) mass is 344 g/mol. The Morgan fingerprint density at radius 1 is 1.21 bits per heavy atom. The Balaban J connectivity index is 1.96. The van der Waals surface area contributed by atoms with E-state index in [-0.39, 0.29) is 11.9 Å². The lowest BCUT2D eigenvalue weighted by atomic mass is 10.1. The summed E-state index contributed by atoms with van der Waals surface area (Å²) in [6.45, 7) is 5.22. The first-order valence-electron chi connectivity index (χ1n) is 7.25. The molecule has 0 saturated carbocycles. The smallest absolute Gasteiger partial charge is 0.410 e. The maximum Gasteiger partial charge on any atom is 0.413 e. The Morgan fingerprint density at radius 2 is 1.92 bits per heavy atom. The highest BCUT2D eigenvalue weighted by Gasteiger charge is 2.11. The molecule has 0 bridgehead atoms. The van der Waals surface area contributed by atoms with E-state index in [0.29, 0.717) is 16.5 Å². The van der Waals surface area contributed by atoms with Gasteiger partial charge in [0.2, 0.25) is 5.91 Å². The van der Waals surface area contributed by atoms with Gasteiger partial charge in [-0.2, -0.15) is 0 Å². The van der Waals surface area contributed by atoms with Crippen molar-refractivity contribution in [2.45, 2.75) is 13.0 Å². The van der Waals surface area contributed by atoms with Gasteiger partial charge < -0.3 is 15.4 Å². The fraction of sp³-hybridized carbons (Fsp3) is 0.111. The van der Waals surface area contributed by atoms with E-state index in [9.17, 15) is 9.59 Å². The molecule has 6 heteroatoms. The molecule has 1 atom stereocenters. The molecule has 2 amide bonds. The second-order valence-corrected chi connectivity index (χ2v) is 5.46. The van der Waals surface area contributed by atoms with Crippen LogP contribution < -0.4 is 15.4 Å². The molecule has 0 spiro atoms. The third-order valence-corrected chi connectivity index (χ3v) is 3.45. The summed E-state index contributed by atoms with van der Waals surface area (Å²) in [5, 5.41) is 5.96. The molecule has 2 aromatic rings. The van der Waals surface area contributed by atoms with Crippen molar-refractivity contribution in [3.05, 3.63) is 71.8 Å². The van der Waals surface area contributed by atoms with Crippen LogP contribution in [-0.2, 0) is 4.79 Å². The molecule has 24 heavy (non-hydrogen) atoms. The van der Waals surface area contributed by atoms with E-state index in [0.717, 1.165) is 11.6 Å². The highest BCUT2D eigenvalue weighted by Crippen LogP contribution is 2.19. The zero-order valence-corrected chi connectivity index (χ0v) is 13.8. The van der Waals surface area contributed by atoms with E-state index in [4.69, 9.17) is 16.3 Å². The van der Waals surface area contributed by atoms with E-state index in [2.05, 4.69) is 17.2 Å². The zero-order valence-electron chi connectivity index (χ0n) is 13.1. The number of benzene rings is 2. The van der Waals surface area contributed by atoms with Crippen LogP contribution in [0.3, 0.4) is 0 Å². The van der Waals surface area contributed by atoms with Crippen LogP contribution >= 0.6 is 11.6 Å². The highest BCUT2D eigenvalue weighted by atomic mass is 35.5. The van der Waals surface area contributed by atoms with Crippen molar-refractivity contribution >= 4 is 29.3 Å². The molecule has 0 saturated heterocycles. The molecule has 0 radical (unpaired) electrons. The lowest BCUT2D eigenvalue weighted by molar-refractivity contribution is -0.111. The standard InChI is InChI=1S/C18H17ClN2O3/c1-3-17(22)21-15-5-4-6-16(11-15)24-18(23)20-12(2)13-7-9-14(19)10-8-13/h3-12H,1H2,2H3,(H,20,23)(H,21,22). The van der Waals surface area contributed by atoms with Crippen molar-refractivity contribution in [3.8, 4) is 5.75 Å². The molecule has 2 aromatic carbocycles. The van der Waals surface area contributed by atoms with Crippen LogP contribution in [0.1, 0.15) is 18.5 Å². The van der Waals surface area contributed by atoms with Crippen molar-refractivity contribution in [1.29, 1.82) is 0 Å². The molecule has 1 unspecified atom stereocenters. The number of anilines is 1. The Hall–Kier alpha value is -2.79. The normalized spacial score (nSPS) is 11.2. The number of hydrogen-bond donors (Lipinski definition) is 2. The zero-order chi connectivity index (χ0) is 17.5. The van der Waals surface area contributed by atoms with Crippen LogP contribution in [0.2, 0.25) is 5.02 Å². The first-order chi connectivity index (χ1) is 11.5. The van der Waals surface area contributed by atoms with Crippen molar-refractivity contribution in [2.24, 2.45) is 0 Å². The van der Waals surface area contributed by atoms with E-state index in [1.54, 1.807) is 36.4 Å². The van der Waals surface area contributed by atoms with Crippen molar-refractivity contribution in [3.63, 3.8) is 0 Å². The molecule has 5 nitrogen and oxygen atoms in total. The summed E-state index contributed by atoms with van der Waals surface area (Å²) < 4.78 is 5.23. The Labute approximate surface area is 145 Å². The molecule has 0 aromatic heterocycles. The summed E-state index contributed by atoms with van der Waals surface area (Å²) in [5.74, 6) is -0.0226. The van der Waals surface area contributed by atoms with E-state index in [1.807, 2.05) is 19.1 Å². The van der Waals surface area contributed by atoms with Crippen LogP contribution in [0, 0.1) is 0 Å². The molecule has 2 N–H and O–H groups in total. The predicted octanol–water partition coefficient (Wildman–Crippen LogP) is 4.31. The first kappa shape index (κ1) is 17.6. The summed E-state index contributed by atoms with van der Waals surface area (Å²) >= 11 is 5.84. The first-order valence-corrected chi connectivity index (χ1v) is 7.63. The fourth-order valence-electron chi connectivity index (χ4n) is 1.98. The SMILES string of the molecule is C=CC(=O)Nc1cccc(OC(=O)NC(C)c2ccc(Cl)cc2)c1. The Morgan fingerprint density at radius 3 is 2.58 bits per heavy atom. The maximum absolute atomic E-state index is 12.0. The topological polar surface area (TPSA) is 67.4 Å². The second kappa shape index (κ2) is 8.17. The number of carbonyl (C=O) groups is 2. The molecular weight excluding hydrogens is 328 g/mol. The van der Waals surface area contributed by atoms with Crippen molar-refractivity contribution < 1.29 is 14.3 Å². The molecular formula is C18H17ClN2O3. The minimum atomic E-state index is -0.593. The van der Waals surface area contributed by atoms with Crippen LogP contribution in [0.4, 0.5) is 10.5 Å². The summed E-state index contributed by atoms with van der Waals surface area (Å²) in [5.41, 5.74) is 1.42. The van der Waals surface area contributed by atoms with Gasteiger partial charge in [-0.3, -0.25) is 4.79 Å². The number of ether oxygens (including phenoxy) is 1. The average Bonchev–Trinajstić information content (AvgIpc) is 2.55. The Bertz CT molecular complexity index is 744. The number of amides is 2. The molecule has 0 aliphatic heterocycles. The third-order valence-electron chi connectivity index (χ3n) is 3.20. The number of nitrogens with one attached hydrogen (secondary N) is 2. The summed E-state index contributed by atoms with van der Waals surface area (Å²) in [6.07, 6.45) is 0.568. The molecule has 124 valence electrons. The third kappa shape index (κ3) is 5.14. The lowest BCUT2D eigenvalue weighted by Crippen LogP contribution is -2.29. The summed E-state index contributed by atoms with van der Waals surface area (Å²) in [7, 11) is 0. The lowest BCUT2D eigenvalue weighted by Gasteiger charge is -2.14. The fourth-order valence-corrected chi connectivity index (χ4v) is 2.10. The highest BCUT2D eigenvalue weighted by molar-refractivity contribution is 6.30. The van der Waals surface area contributed by atoms with Crippen molar-refractivity contribution in [1.82, 2.24) is 5.32 Å². The average molecular weight is 345 g/mol. The molecule has 0 fully saturated rings. The van der Waals surface area contributed by atoms with Crippen LogP contribution in [0.25, 0.3) is 0 Å². The van der Waals surface area contributed by atoms with Gasteiger partial charge in [-0.15, -0.1) is 0 Å². The van der Waals surface area contributed by atoms with Gasteiger partial charge in [0.05, 0.1) is 6.04 Å². The summed E-state index contributed by atoms with van der Waals surface area (Å²) in [6, 6.07) is 13.5. The quantitative estimate of drug-likeness (QED) is 0.794. The molecule has 0 aliphatic rings. The van der Waals surface area contributed by atoms with Gasteiger partial charge in [0, 0.05) is 16.8 Å². The minimum absolute atomic E-state index is 0.238. The Kier molecular flexibility index (Phi) is 5.98. The van der Waals surface area contributed by atoms with Crippen molar-refractivity contribution in [2.75, 3.05) is 5.32 Å². The van der Waals surface area contributed by atoms with Crippen LogP contribution in [-0.4, -0.2) is 12.0 Å². The van der Waals surface area contributed by atoms with E-state index < -0.39 is 6.09 Å². The van der Waals surface area contributed by atoms with E-state index >= 15 is 0 Å². The van der Waals surface area contributed by atoms with Gasteiger partial charge in [0.25, 0.3) is 0 Å². The minimum Gasteiger partial charge on any atom is -0.410 e. The van der Waals surface area contributed by atoms with Gasteiger partial charge >= 0.3 is 6.09 Å². The molecule has 2 rings (SSSR count). The number of hydrogen-bond acceptors (Lipinski definition) is 3. The molecule has 0 heterocycles. The van der Waals surface area contributed by atoms with Gasteiger partial charge in [0.15, 0.2) is 0 Å². The van der Waals surface area contributed by atoms with Gasteiger partial charge in [-0.05, 0) is 42.8 Å². The van der Waals surface area contributed by atoms with Gasteiger partial charge in [-0.25, -0.2) is 4.79 Å². The number of halogens is 1. The van der Waals surface area contributed by atoms with Crippen LogP contribution in [0.15, 0.2) is 61.2 Å². The maximum atomic E-state index is 12.0. The van der Waals surface area contributed by atoms with Gasteiger partial charge in [0.1, 0.15) is 5.75 Å². The van der Waals surface area contributed by atoms with Gasteiger partial charge in [-0.1, -0.05) is 36.4 Å². The largest absolute Gasteiger partial charge is 0.413 e. The van der Waals surface area contributed by atoms with Crippen LogP contribution in [0.5, 0.6) is 5.75 Å². The predicted molar refractivity (Wildman–Crippen MR) is 94.3 cm³/mol.